The van der Waals surface area contributed by atoms with Crippen molar-refractivity contribution in [2.24, 2.45) is 0 Å². The monoisotopic (exact) mass is 1060 g/mol. The van der Waals surface area contributed by atoms with Gasteiger partial charge in [0.2, 0.25) is 0 Å². The third kappa shape index (κ3) is 8.25. The van der Waals surface area contributed by atoms with Crippen molar-refractivity contribution in [3.63, 3.8) is 0 Å². The minimum atomic E-state index is -0.114. The van der Waals surface area contributed by atoms with Gasteiger partial charge in [0.05, 0.1) is 16.9 Å². The quantitative estimate of drug-likeness (QED) is 0.159. The number of benzene rings is 8. The van der Waals surface area contributed by atoms with Gasteiger partial charge in [-0.1, -0.05) is 207 Å². The molecule has 0 saturated heterocycles. The van der Waals surface area contributed by atoms with E-state index in [0.717, 1.165) is 19.3 Å². The van der Waals surface area contributed by atoms with Crippen LogP contribution in [0.25, 0.3) is 22.3 Å². The molecule has 0 aromatic heterocycles. The molecule has 2 atom stereocenters. The van der Waals surface area contributed by atoms with Crippen LogP contribution >= 0.6 is 0 Å². The summed E-state index contributed by atoms with van der Waals surface area (Å²) < 4.78 is 0. The van der Waals surface area contributed by atoms with Gasteiger partial charge in [0.25, 0.3) is 6.71 Å². The summed E-state index contributed by atoms with van der Waals surface area (Å²) in [6.45, 7) is 38.7. The molecule has 3 aliphatic heterocycles. The minimum absolute atomic E-state index is 0.00552. The molecule has 8 aromatic rings. The van der Waals surface area contributed by atoms with Gasteiger partial charge in [0, 0.05) is 50.7 Å². The average Bonchev–Trinajstić information content (AvgIpc) is 2.02. The Bertz CT molecular complexity index is 3840. The second kappa shape index (κ2) is 18.1. The third-order valence-electron chi connectivity index (χ3n) is 20.8. The van der Waals surface area contributed by atoms with Gasteiger partial charge in [-0.25, -0.2) is 0 Å². The second-order valence-corrected chi connectivity index (χ2v) is 30.1. The molecular weight excluding hydrogens is 978 g/mol. The van der Waals surface area contributed by atoms with Crippen molar-refractivity contribution >= 4 is 68.6 Å². The van der Waals surface area contributed by atoms with Crippen molar-refractivity contribution in [2.75, 3.05) is 14.7 Å². The number of rotatable bonds is 5. The zero-order valence-electron chi connectivity index (χ0n) is 51.7. The Morgan fingerprint density at radius 1 is 0.395 bits per heavy atom. The van der Waals surface area contributed by atoms with Crippen molar-refractivity contribution in [2.45, 2.75) is 187 Å². The summed E-state index contributed by atoms with van der Waals surface area (Å²) in [6, 6.07) is 62.8. The Labute approximate surface area is 486 Å². The number of fused-ring (bicyclic) bond motifs is 8. The SMILES string of the molecule is Cc1cc2c3c(c1)N(c1ccc(C(C)(C)C)cc1-c1ccccc1)c1cc4c(cc1B3c1ccc(N3c5ccc(C(C)(C)C)cc5C5(C)CCCCC35C)cc1N2c1ccc(C(C)(C)C)cc1-c1ccccc1)C(C)(C)CCC4(C)C. The maximum atomic E-state index is 2.81. The summed E-state index contributed by atoms with van der Waals surface area (Å²) in [4.78, 5) is 8.24. The van der Waals surface area contributed by atoms with Crippen LogP contribution in [0.1, 0.15) is 181 Å². The van der Waals surface area contributed by atoms with Gasteiger partial charge in [0.15, 0.2) is 0 Å². The highest BCUT2D eigenvalue weighted by Crippen LogP contribution is 2.62. The fraction of sp³-hybridized carbons (Fsp3) is 0.377. The number of nitrogens with zero attached hydrogens (tertiary/aromatic N) is 3. The molecule has 13 rings (SSSR count). The van der Waals surface area contributed by atoms with E-state index in [9.17, 15) is 0 Å². The molecule has 0 N–H and O–H groups in total. The lowest BCUT2D eigenvalue weighted by molar-refractivity contribution is 0.195. The standard InChI is InChI=1S/C77H86BN3/c1-49-41-68-70-69(42-49)80(64-35-30-53(72(5,6)7)44-57(64)51-27-21-18-22-28-51)67-48-59-58(74(11,12)39-40-75(59,13)14)47-62(67)78(70)61-33-32-55(81-65-36-31-54(73(8,9)10)45-60(65)76(15)37-23-24-38-77(76,81)16)46-66(61)79(68)63-34-29-52(71(2,3)4)43-56(63)50-25-19-17-20-26-50/h17-22,25-36,41-48H,23-24,37-40H2,1-16H3. The third-order valence-corrected chi connectivity index (χ3v) is 20.8. The Balaban J connectivity index is 1.15. The smallest absolute Gasteiger partial charge is 0.252 e. The van der Waals surface area contributed by atoms with Crippen LogP contribution in [0.15, 0.2) is 158 Å². The Kier molecular flexibility index (Phi) is 12.0. The highest BCUT2D eigenvalue weighted by molar-refractivity contribution is 7.00. The summed E-state index contributed by atoms with van der Waals surface area (Å²) >= 11 is 0. The lowest BCUT2D eigenvalue weighted by atomic mass is 9.33. The van der Waals surface area contributed by atoms with E-state index in [0.29, 0.717) is 0 Å². The molecule has 81 heavy (non-hydrogen) atoms. The molecule has 0 spiro atoms. The van der Waals surface area contributed by atoms with Gasteiger partial charge < -0.3 is 14.7 Å². The van der Waals surface area contributed by atoms with Gasteiger partial charge in [-0.3, -0.25) is 0 Å². The zero-order chi connectivity index (χ0) is 57.1. The molecule has 3 heterocycles. The van der Waals surface area contributed by atoms with Crippen LogP contribution in [0.2, 0.25) is 0 Å². The number of hydrogen-bond acceptors (Lipinski definition) is 3. The van der Waals surface area contributed by atoms with Crippen LogP contribution in [-0.4, -0.2) is 12.3 Å². The first kappa shape index (κ1) is 53.5. The average molecular weight is 1060 g/mol. The minimum Gasteiger partial charge on any atom is -0.334 e. The van der Waals surface area contributed by atoms with E-state index in [1.54, 1.807) is 0 Å². The molecule has 1 fully saturated rings. The molecule has 5 aliphatic rings. The van der Waals surface area contributed by atoms with Crippen molar-refractivity contribution in [1.82, 2.24) is 0 Å². The fourth-order valence-electron chi connectivity index (χ4n) is 15.5. The summed E-state index contributed by atoms with van der Waals surface area (Å²) in [5.74, 6) is 0. The number of hydrogen-bond donors (Lipinski definition) is 0. The van der Waals surface area contributed by atoms with Gasteiger partial charge >= 0.3 is 0 Å². The molecular formula is C77H86BN3. The van der Waals surface area contributed by atoms with E-state index in [2.05, 4.69) is 283 Å². The van der Waals surface area contributed by atoms with E-state index in [-0.39, 0.29) is 44.7 Å². The van der Waals surface area contributed by atoms with E-state index in [4.69, 9.17) is 0 Å². The molecule has 0 amide bonds. The first-order valence-electron chi connectivity index (χ1n) is 30.6. The van der Waals surface area contributed by atoms with Crippen molar-refractivity contribution in [3.8, 4) is 22.3 Å². The predicted octanol–water partition coefficient (Wildman–Crippen LogP) is 19.4. The van der Waals surface area contributed by atoms with Crippen molar-refractivity contribution in [3.05, 3.63) is 197 Å². The molecule has 4 heteroatoms. The normalized spacial score (nSPS) is 20.5. The lowest BCUT2D eigenvalue weighted by Crippen LogP contribution is -2.62. The van der Waals surface area contributed by atoms with E-state index in [1.807, 2.05) is 0 Å². The first-order chi connectivity index (χ1) is 38.2. The van der Waals surface area contributed by atoms with Crippen LogP contribution in [0.4, 0.5) is 45.5 Å². The molecule has 0 bridgehead atoms. The Morgan fingerprint density at radius 3 is 1.38 bits per heavy atom. The summed E-state index contributed by atoms with van der Waals surface area (Å²) in [5.41, 5.74) is 28.9. The van der Waals surface area contributed by atoms with Crippen LogP contribution in [0, 0.1) is 6.92 Å². The maximum Gasteiger partial charge on any atom is 0.252 e. The first-order valence-corrected chi connectivity index (χ1v) is 30.6. The maximum absolute atomic E-state index is 2.81. The van der Waals surface area contributed by atoms with Crippen LogP contribution in [0.3, 0.4) is 0 Å². The number of aryl methyl sites for hydroxylation is 1. The number of anilines is 8. The Morgan fingerprint density at radius 2 is 0.864 bits per heavy atom. The van der Waals surface area contributed by atoms with Gasteiger partial charge in [-0.05, 0) is 194 Å². The van der Waals surface area contributed by atoms with E-state index >= 15 is 0 Å². The highest BCUT2D eigenvalue weighted by atomic mass is 15.3. The van der Waals surface area contributed by atoms with E-state index < -0.39 is 0 Å². The molecule has 1 saturated carbocycles. The summed E-state index contributed by atoms with van der Waals surface area (Å²) in [7, 11) is 0. The lowest BCUT2D eigenvalue weighted by Gasteiger charge is -2.51. The van der Waals surface area contributed by atoms with Gasteiger partial charge in [0.1, 0.15) is 0 Å². The van der Waals surface area contributed by atoms with Crippen LogP contribution < -0.4 is 31.1 Å². The van der Waals surface area contributed by atoms with Gasteiger partial charge in [-0.2, -0.15) is 0 Å². The molecule has 8 aromatic carbocycles. The van der Waals surface area contributed by atoms with Crippen molar-refractivity contribution < 1.29 is 0 Å². The topological polar surface area (TPSA) is 9.72 Å². The second-order valence-electron chi connectivity index (χ2n) is 30.1. The van der Waals surface area contributed by atoms with Crippen LogP contribution in [0.5, 0.6) is 0 Å². The fourth-order valence-corrected chi connectivity index (χ4v) is 15.5. The van der Waals surface area contributed by atoms with Crippen LogP contribution in [-0.2, 0) is 32.5 Å². The Hall–Kier alpha value is -6.78. The van der Waals surface area contributed by atoms with E-state index in [1.165, 1.54) is 142 Å². The summed E-state index contributed by atoms with van der Waals surface area (Å²) in [6.07, 6.45) is 7.12. The zero-order valence-corrected chi connectivity index (χ0v) is 51.7. The highest BCUT2D eigenvalue weighted by Gasteiger charge is 2.58. The van der Waals surface area contributed by atoms with Crippen molar-refractivity contribution in [1.29, 1.82) is 0 Å². The largest absolute Gasteiger partial charge is 0.334 e. The molecule has 2 aliphatic carbocycles. The summed E-state index contributed by atoms with van der Waals surface area (Å²) in [5, 5.41) is 0. The molecule has 2 unspecified atom stereocenters. The predicted molar refractivity (Wildman–Crippen MR) is 350 cm³/mol. The molecule has 412 valence electrons. The molecule has 3 nitrogen and oxygen atoms in total. The molecule has 0 radical (unpaired) electrons. The van der Waals surface area contributed by atoms with Gasteiger partial charge in [-0.15, -0.1) is 0 Å².